The first kappa shape index (κ1) is 22.6. The Labute approximate surface area is 195 Å². The number of anilines is 1. The molecule has 5 nitrogen and oxygen atoms in total. The highest BCUT2D eigenvalue weighted by molar-refractivity contribution is 5.91. The highest BCUT2D eigenvalue weighted by Crippen LogP contribution is 2.39. The SMILES string of the molecule is CCN1c2cc(C)c(/C=N/NC(=O)COc3cccc4ccccc34)cc2C(C)=CC1(C)C. The van der Waals surface area contributed by atoms with E-state index in [2.05, 4.69) is 68.3 Å². The topological polar surface area (TPSA) is 53.9 Å². The number of carbonyl (C=O) groups is 1. The molecule has 1 aliphatic rings. The fraction of sp³-hybridized carbons (Fsp3) is 0.286. The van der Waals surface area contributed by atoms with E-state index in [4.69, 9.17) is 4.74 Å². The number of fused-ring (bicyclic) bond motifs is 2. The van der Waals surface area contributed by atoms with Crippen molar-refractivity contribution >= 4 is 34.2 Å². The van der Waals surface area contributed by atoms with Crippen LogP contribution in [0.3, 0.4) is 0 Å². The lowest BCUT2D eigenvalue weighted by Gasteiger charge is -2.43. The minimum Gasteiger partial charge on any atom is -0.483 e. The van der Waals surface area contributed by atoms with Gasteiger partial charge in [0.2, 0.25) is 0 Å². The summed E-state index contributed by atoms with van der Waals surface area (Å²) in [5, 5.41) is 6.24. The molecule has 0 radical (unpaired) electrons. The Hall–Kier alpha value is -3.60. The van der Waals surface area contributed by atoms with Gasteiger partial charge in [0.15, 0.2) is 6.61 Å². The summed E-state index contributed by atoms with van der Waals surface area (Å²) in [5.74, 6) is 0.383. The Bertz CT molecular complexity index is 1250. The molecule has 0 atom stereocenters. The minimum atomic E-state index is -0.301. The molecule has 1 amide bonds. The van der Waals surface area contributed by atoms with Gasteiger partial charge >= 0.3 is 0 Å². The number of likely N-dealkylation sites (N-methyl/N-ethyl adjacent to an activating group) is 1. The summed E-state index contributed by atoms with van der Waals surface area (Å²) in [6.45, 7) is 11.7. The maximum absolute atomic E-state index is 12.3. The number of allylic oxidation sites excluding steroid dienone is 1. The third kappa shape index (κ3) is 4.63. The number of rotatable bonds is 6. The van der Waals surface area contributed by atoms with Gasteiger partial charge in [-0.2, -0.15) is 5.10 Å². The molecule has 0 saturated heterocycles. The summed E-state index contributed by atoms with van der Waals surface area (Å²) < 4.78 is 5.74. The van der Waals surface area contributed by atoms with Crippen LogP contribution in [-0.2, 0) is 4.79 Å². The highest BCUT2D eigenvalue weighted by Gasteiger charge is 2.30. The largest absolute Gasteiger partial charge is 0.483 e. The van der Waals surface area contributed by atoms with Gasteiger partial charge in [-0.25, -0.2) is 5.43 Å². The molecule has 0 fully saturated rings. The summed E-state index contributed by atoms with van der Waals surface area (Å²) in [4.78, 5) is 14.7. The molecule has 1 N–H and O–H groups in total. The second kappa shape index (κ2) is 9.10. The third-order valence-corrected chi connectivity index (χ3v) is 6.18. The fourth-order valence-corrected chi connectivity index (χ4v) is 4.63. The summed E-state index contributed by atoms with van der Waals surface area (Å²) in [6.07, 6.45) is 4.01. The van der Waals surface area contributed by atoms with E-state index in [1.807, 2.05) is 42.5 Å². The first-order valence-corrected chi connectivity index (χ1v) is 11.3. The average molecular weight is 442 g/mol. The van der Waals surface area contributed by atoms with Crippen LogP contribution in [0.25, 0.3) is 16.3 Å². The molecule has 3 aromatic carbocycles. The van der Waals surface area contributed by atoms with Crippen LogP contribution >= 0.6 is 0 Å². The smallest absolute Gasteiger partial charge is 0.277 e. The van der Waals surface area contributed by atoms with Gasteiger partial charge in [0.1, 0.15) is 5.75 Å². The van der Waals surface area contributed by atoms with Gasteiger partial charge in [0.05, 0.1) is 11.8 Å². The Balaban J connectivity index is 1.44. The molecule has 5 heteroatoms. The Morgan fingerprint density at radius 3 is 2.67 bits per heavy atom. The maximum Gasteiger partial charge on any atom is 0.277 e. The molecule has 0 aliphatic carbocycles. The van der Waals surface area contributed by atoms with E-state index in [1.54, 1.807) is 6.21 Å². The van der Waals surface area contributed by atoms with E-state index in [0.717, 1.165) is 28.4 Å². The van der Waals surface area contributed by atoms with Gasteiger partial charge in [0, 0.05) is 23.2 Å². The number of ether oxygens (including phenoxy) is 1. The van der Waals surface area contributed by atoms with Crippen LogP contribution in [0.2, 0.25) is 0 Å². The van der Waals surface area contributed by atoms with E-state index in [1.165, 1.54) is 16.8 Å². The number of carbonyl (C=O) groups excluding carboxylic acids is 1. The van der Waals surface area contributed by atoms with Crippen molar-refractivity contribution in [2.24, 2.45) is 5.10 Å². The van der Waals surface area contributed by atoms with E-state index in [-0.39, 0.29) is 18.1 Å². The second-order valence-corrected chi connectivity index (χ2v) is 9.01. The lowest BCUT2D eigenvalue weighted by molar-refractivity contribution is -0.123. The summed E-state index contributed by atoms with van der Waals surface area (Å²) in [6, 6.07) is 18.1. The molecule has 170 valence electrons. The molecule has 3 aromatic rings. The van der Waals surface area contributed by atoms with E-state index < -0.39 is 0 Å². The summed E-state index contributed by atoms with van der Waals surface area (Å²) in [5.41, 5.74) is 8.35. The molecule has 0 bridgehead atoms. The van der Waals surface area contributed by atoms with Gasteiger partial charge in [0.25, 0.3) is 5.91 Å². The zero-order valence-electron chi connectivity index (χ0n) is 20.0. The predicted molar refractivity (Wildman–Crippen MR) is 137 cm³/mol. The van der Waals surface area contributed by atoms with Crippen LogP contribution < -0.4 is 15.1 Å². The molecule has 0 spiro atoms. The maximum atomic E-state index is 12.3. The lowest BCUT2D eigenvalue weighted by atomic mass is 9.87. The first-order chi connectivity index (χ1) is 15.8. The van der Waals surface area contributed by atoms with E-state index in [9.17, 15) is 4.79 Å². The van der Waals surface area contributed by atoms with Crippen molar-refractivity contribution < 1.29 is 9.53 Å². The normalized spacial score (nSPS) is 14.8. The van der Waals surface area contributed by atoms with Crippen molar-refractivity contribution in [2.75, 3.05) is 18.1 Å². The average Bonchev–Trinajstić information content (AvgIpc) is 2.78. The monoisotopic (exact) mass is 441 g/mol. The number of hydrogen-bond donors (Lipinski definition) is 1. The molecule has 4 rings (SSSR count). The van der Waals surface area contributed by atoms with Crippen molar-refractivity contribution in [1.82, 2.24) is 5.43 Å². The van der Waals surface area contributed by atoms with E-state index in [0.29, 0.717) is 5.75 Å². The van der Waals surface area contributed by atoms with Crippen LogP contribution in [0.1, 0.15) is 44.4 Å². The number of hydrazone groups is 1. The lowest BCUT2D eigenvalue weighted by Crippen LogP contribution is -2.45. The standard InChI is InChI=1S/C28H31N3O2/c1-6-31-25-14-19(2)22(15-24(25)20(3)16-28(31,4)5)17-29-30-27(32)18-33-26-13-9-11-21-10-7-8-12-23(21)26/h7-17H,6,18H2,1-5H3,(H,30,32)/b29-17+. The number of nitrogens with one attached hydrogen (secondary N) is 1. The predicted octanol–water partition coefficient (Wildman–Crippen LogP) is 5.70. The Kier molecular flexibility index (Phi) is 6.23. The Morgan fingerprint density at radius 1 is 1.12 bits per heavy atom. The Morgan fingerprint density at radius 2 is 1.88 bits per heavy atom. The molecule has 0 saturated carbocycles. The highest BCUT2D eigenvalue weighted by atomic mass is 16.5. The zero-order valence-corrected chi connectivity index (χ0v) is 20.0. The van der Waals surface area contributed by atoms with E-state index >= 15 is 0 Å². The summed E-state index contributed by atoms with van der Waals surface area (Å²) >= 11 is 0. The van der Waals surface area contributed by atoms with Gasteiger partial charge in [-0.1, -0.05) is 42.5 Å². The molecule has 0 unspecified atom stereocenters. The molecular formula is C28H31N3O2. The second-order valence-electron chi connectivity index (χ2n) is 9.01. The van der Waals surface area contributed by atoms with Crippen LogP contribution in [-0.4, -0.2) is 30.8 Å². The minimum absolute atomic E-state index is 0.0219. The molecule has 0 aromatic heterocycles. The van der Waals surface area contributed by atoms with Crippen molar-refractivity contribution in [3.63, 3.8) is 0 Å². The molecular weight excluding hydrogens is 410 g/mol. The zero-order chi connectivity index (χ0) is 23.6. The van der Waals surface area contributed by atoms with Crippen molar-refractivity contribution in [2.45, 2.75) is 40.2 Å². The molecule has 1 heterocycles. The van der Waals surface area contributed by atoms with Gasteiger partial charge in [-0.3, -0.25) is 4.79 Å². The van der Waals surface area contributed by atoms with Crippen molar-refractivity contribution in [1.29, 1.82) is 0 Å². The van der Waals surface area contributed by atoms with Crippen molar-refractivity contribution in [3.8, 4) is 5.75 Å². The van der Waals surface area contributed by atoms with Gasteiger partial charge in [-0.15, -0.1) is 0 Å². The molecule has 1 aliphatic heterocycles. The number of hydrogen-bond acceptors (Lipinski definition) is 4. The summed E-state index contributed by atoms with van der Waals surface area (Å²) in [7, 11) is 0. The number of amides is 1. The number of aryl methyl sites for hydroxylation is 1. The van der Waals surface area contributed by atoms with Crippen LogP contribution in [0.5, 0.6) is 5.75 Å². The quantitative estimate of drug-likeness (QED) is 0.394. The van der Waals surface area contributed by atoms with Crippen LogP contribution in [0.4, 0.5) is 5.69 Å². The fourth-order valence-electron chi connectivity index (χ4n) is 4.63. The number of benzene rings is 3. The third-order valence-electron chi connectivity index (χ3n) is 6.18. The number of nitrogens with zero attached hydrogens (tertiary/aromatic N) is 2. The van der Waals surface area contributed by atoms with Crippen LogP contribution in [0.15, 0.2) is 65.8 Å². The first-order valence-electron chi connectivity index (χ1n) is 11.3. The van der Waals surface area contributed by atoms with Crippen molar-refractivity contribution in [3.05, 3.63) is 77.4 Å². The molecule has 33 heavy (non-hydrogen) atoms. The van der Waals surface area contributed by atoms with Gasteiger partial charge in [-0.05, 0) is 74.9 Å². The van der Waals surface area contributed by atoms with Crippen LogP contribution in [0, 0.1) is 6.92 Å². The van der Waals surface area contributed by atoms with Gasteiger partial charge < -0.3 is 9.64 Å².